The molecule has 0 spiro atoms. The summed E-state index contributed by atoms with van der Waals surface area (Å²) >= 11 is 0. The maximum atomic E-state index is 13.9. The number of nitrogens with one attached hydrogen (secondary N) is 1. The lowest BCUT2D eigenvalue weighted by molar-refractivity contribution is -0.199. The van der Waals surface area contributed by atoms with Crippen LogP contribution in [0.15, 0.2) is 30.3 Å². The van der Waals surface area contributed by atoms with Gasteiger partial charge in [-0.3, -0.25) is 9.69 Å². The molecule has 0 unspecified atom stereocenters. The fourth-order valence-electron chi connectivity index (χ4n) is 7.44. The van der Waals surface area contributed by atoms with Crippen molar-refractivity contribution in [3.8, 4) is 0 Å². The number of likely N-dealkylation sites (tertiary alicyclic amines) is 1. The Kier molecular flexibility index (Phi) is 6.91. The number of rotatable bonds is 5. The Morgan fingerprint density at radius 3 is 2.39 bits per heavy atom. The van der Waals surface area contributed by atoms with Crippen LogP contribution in [0.5, 0.6) is 0 Å². The second-order valence-electron chi connectivity index (χ2n) is 14.1. The summed E-state index contributed by atoms with van der Waals surface area (Å²) in [4.78, 5) is 28.7. The van der Waals surface area contributed by atoms with Crippen molar-refractivity contribution < 1.29 is 23.6 Å². The number of carbonyl (C=O) groups is 2. The van der Waals surface area contributed by atoms with Crippen LogP contribution in [0.2, 0.25) is 0 Å². The van der Waals surface area contributed by atoms with E-state index in [9.17, 15) is 9.59 Å². The van der Waals surface area contributed by atoms with Gasteiger partial charge in [-0.05, 0) is 75.7 Å². The number of ether oxygens (including phenoxy) is 1. The number of hydrogen-bond donors (Lipinski definition) is 1. The molecule has 2 bridgehead atoms. The fraction of sp³-hybridized carbons (Fsp3) is 0.733. The summed E-state index contributed by atoms with van der Waals surface area (Å²) in [6.45, 7) is 17.0. The van der Waals surface area contributed by atoms with Gasteiger partial charge in [0.25, 0.3) is 0 Å². The Bertz CT molecular complexity index is 1060. The molecule has 2 heterocycles. The van der Waals surface area contributed by atoms with E-state index in [0.717, 1.165) is 12.0 Å². The lowest BCUT2D eigenvalue weighted by Gasteiger charge is -2.64. The van der Waals surface area contributed by atoms with Gasteiger partial charge in [-0.25, -0.2) is 4.79 Å². The van der Waals surface area contributed by atoms with Crippen molar-refractivity contribution in [2.75, 3.05) is 6.54 Å². The van der Waals surface area contributed by atoms with Crippen LogP contribution < -0.4 is 5.32 Å². The van der Waals surface area contributed by atoms with Crippen LogP contribution in [0.25, 0.3) is 0 Å². The molecule has 1 aromatic rings. The van der Waals surface area contributed by atoms with E-state index in [0.29, 0.717) is 24.8 Å². The predicted octanol–water partition coefficient (Wildman–Crippen LogP) is 5.19. The van der Waals surface area contributed by atoms with Crippen LogP contribution in [0.1, 0.15) is 86.1 Å². The summed E-state index contributed by atoms with van der Waals surface area (Å²) in [6, 6.07) is 9.47. The van der Waals surface area contributed by atoms with Crippen molar-refractivity contribution in [1.82, 2.24) is 10.2 Å². The molecule has 3 saturated carbocycles. The Labute approximate surface area is 228 Å². The summed E-state index contributed by atoms with van der Waals surface area (Å²) in [5.74, 6) is 0.780. The number of carbonyl (C=O) groups excluding carboxylic acids is 2. The highest BCUT2D eigenvalue weighted by Crippen LogP contribution is 2.65. The second-order valence-corrected chi connectivity index (χ2v) is 14.1. The fourth-order valence-corrected chi connectivity index (χ4v) is 7.44. The largest absolute Gasteiger partial charge is 0.481 e. The van der Waals surface area contributed by atoms with Crippen LogP contribution in [-0.4, -0.2) is 59.9 Å². The van der Waals surface area contributed by atoms with Crippen molar-refractivity contribution in [1.29, 1.82) is 0 Å². The molecule has 8 heteroatoms. The molecule has 38 heavy (non-hydrogen) atoms. The first-order valence-electron chi connectivity index (χ1n) is 14.4. The third-order valence-electron chi connectivity index (χ3n) is 9.79. The Morgan fingerprint density at radius 1 is 1.11 bits per heavy atom. The molecule has 6 rings (SSSR count). The lowest BCUT2D eigenvalue weighted by Crippen LogP contribution is -2.65. The van der Waals surface area contributed by atoms with E-state index in [1.807, 2.05) is 39.0 Å². The molecule has 2 saturated heterocycles. The van der Waals surface area contributed by atoms with E-state index in [1.165, 1.54) is 6.42 Å². The minimum Gasteiger partial charge on any atom is -0.444 e. The quantitative estimate of drug-likeness (QED) is 0.537. The zero-order valence-electron chi connectivity index (χ0n) is 24.3. The highest BCUT2D eigenvalue weighted by molar-refractivity contribution is 6.48. The number of hydrogen-bond acceptors (Lipinski definition) is 5. The molecule has 0 aromatic heterocycles. The predicted molar refractivity (Wildman–Crippen MR) is 147 cm³/mol. The second kappa shape index (κ2) is 9.55. The van der Waals surface area contributed by atoms with Crippen LogP contribution in [-0.2, 0) is 18.8 Å². The Morgan fingerprint density at radius 2 is 1.79 bits per heavy atom. The molecule has 1 aromatic carbocycles. The van der Waals surface area contributed by atoms with Crippen molar-refractivity contribution in [2.45, 2.75) is 110 Å². The summed E-state index contributed by atoms with van der Waals surface area (Å²) < 4.78 is 19.0. The van der Waals surface area contributed by atoms with Gasteiger partial charge in [0.2, 0.25) is 5.91 Å². The van der Waals surface area contributed by atoms with Gasteiger partial charge in [0.1, 0.15) is 11.6 Å². The van der Waals surface area contributed by atoms with Crippen LogP contribution in [0, 0.1) is 23.2 Å². The van der Waals surface area contributed by atoms with Gasteiger partial charge in [-0.1, -0.05) is 58.0 Å². The highest BCUT2D eigenvalue weighted by Gasteiger charge is 2.68. The average Bonchev–Trinajstić information content (AvgIpc) is 3.43. The van der Waals surface area contributed by atoms with E-state index >= 15 is 0 Å². The summed E-state index contributed by atoms with van der Waals surface area (Å²) in [5, 5.41) is 3.26. The van der Waals surface area contributed by atoms with Crippen LogP contribution >= 0.6 is 0 Å². The smallest absolute Gasteiger partial charge is 0.444 e. The number of nitrogens with zero attached hydrogens (tertiary/aromatic N) is 1. The van der Waals surface area contributed by atoms with E-state index < -0.39 is 24.9 Å². The van der Waals surface area contributed by atoms with Crippen LogP contribution in [0.4, 0.5) is 4.79 Å². The Hall–Kier alpha value is -2.06. The SMILES string of the molecule is CC(C)[C@H](NC(=O)[C@@H]1C[C@H](c2ccccc2)CN1C(=O)OC(C)(C)C)B1O[C@@H]2C[C@@H]3C[C@@H](C3(C)C)[C@]2(C)O1. The molecule has 1 N–H and O–H groups in total. The summed E-state index contributed by atoms with van der Waals surface area (Å²) in [6.07, 6.45) is 2.33. The molecule has 2 amide bonds. The molecule has 208 valence electrons. The molecular weight excluding hydrogens is 479 g/mol. The summed E-state index contributed by atoms with van der Waals surface area (Å²) in [5.41, 5.74) is 0.395. The van der Waals surface area contributed by atoms with Crippen molar-refractivity contribution in [3.63, 3.8) is 0 Å². The first-order valence-corrected chi connectivity index (χ1v) is 14.4. The van der Waals surface area contributed by atoms with Gasteiger partial charge in [0.15, 0.2) is 0 Å². The minimum atomic E-state index is -0.644. The molecule has 7 atom stereocenters. The zero-order chi connectivity index (χ0) is 27.6. The Balaban J connectivity index is 1.33. The van der Waals surface area contributed by atoms with Gasteiger partial charge in [0, 0.05) is 12.5 Å². The molecule has 5 aliphatic rings. The van der Waals surface area contributed by atoms with E-state index in [-0.39, 0.29) is 40.8 Å². The normalized spacial score (nSPS) is 34.5. The van der Waals surface area contributed by atoms with Crippen LogP contribution in [0.3, 0.4) is 0 Å². The van der Waals surface area contributed by atoms with Gasteiger partial charge >= 0.3 is 13.2 Å². The maximum Gasteiger partial charge on any atom is 0.481 e. The zero-order valence-corrected chi connectivity index (χ0v) is 24.3. The van der Waals surface area contributed by atoms with Gasteiger partial charge in [-0.15, -0.1) is 0 Å². The third-order valence-corrected chi connectivity index (χ3v) is 9.79. The topological polar surface area (TPSA) is 77.1 Å². The molecule has 7 nitrogen and oxygen atoms in total. The van der Waals surface area contributed by atoms with E-state index in [2.05, 4.69) is 52.1 Å². The molecule has 3 aliphatic carbocycles. The standard InChI is InChI=1S/C30H45BN2O5/c1-18(2)25(31-37-24-16-21-15-23(29(21,6)7)30(24,8)38-31)32-26(34)22-14-20(19-12-10-9-11-13-19)17-33(22)27(35)36-28(3,4)5/h9-13,18,20-25H,14-17H2,1-8H3,(H,32,34)/t20-,21-,22-,23-,24+,25-,30-/m0/s1. The number of amides is 2. The average molecular weight is 525 g/mol. The molecule has 0 radical (unpaired) electrons. The first-order chi connectivity index (χ1) is 17.7. The van der Waals surface area contributed by atoms with E-state index in [1.54, 1.807) is 4.90 Å². The van der Waals surface area contributed by atoms with Gasteiger partial charge < -0.3 is 19.4 Å². The van der Waals surface area contributed by atoms with Crippen molar-refractivity contribution in [2.24, 2.45) is 23.2 Å². The summed E-state index contributed by atoms with van der Waals surface area (Å²) in [7, 11) is -0.509. The minimum absolute atomic E-state index is 0.0506. The first kappa shape index (κ1) is 27.5. The van der Waals surface area contributed by atoms with E-state index in [4.69, 9.17) is 14.0 Å². The molecular formula is C30H45BN2O5. The van der Waals surface area contributed by atoms with Crippen molar-refractivity contribution >= 4 is 19.1 Å². The molecule has 5 fully saturated rings. The third kappa shape index (κ3) is 4.76. The van der Waals surface area contributed by atoms with Gasteiger partial charge in [-0.2, -0.15) is 0 Å². The van der Waals surface area contributed by atoms with Crippen molar-refractivity contribution in [3.05, 3.63) is 35.9 Å². The number of benzene rings is 1. The van der Waals surface area contributed by atoms with Gasteiger partial charge in [0.05, 0.1) is 17.6 Å². The lowest BCUT2D eigenvalue weighted by atomic mass is 9.43. The highest BCUT2D eigenvalue weighted by atomic mass is 16.7. The molecule has 2 aliphatic heterocycles. The monoisotopic (exact) mass is 524 g/mol. The maximum absolute atomic E-state index is 13.9.